The fraction of sp³-hybridized carbons (Fsp3) is 0.286. The Bertz CT molecular complexity index is 354. The van der Waals surface area contributed by atoms with Crippen molar-refractivity contribution in [3.05, 3.63) is 26.9 Å². The molecule has 0 aliphatic heterocycles. The number of aryl methyl sites for hydroxylation is 1. The second-order valence-electron chi connectivity index (χ2n) is 2.45. The van der Waals surface area contributed by atoms with Crippen molar-refractivity contribution < 1.29 is 4.92 Å². The van der Waals surface area contributed by atoms with E-state index in [1.54, 1.807) is 6.92 Å². The molecule has 0 radical (unpaired) electrons. The number of nitro groups is 1. The molecule has 70 valence electrons. The van der Waals surface area contributed by atoms with Gasteiger partial charge < -0.3 is 5.73 Å². The highest BCUT2D eigenvalue weighted by Gasteiger charge is 2.18. The fourth-order valence-corrected chi connectivity index (χ4v) is 1.28. The quantitative estimate of drug-likeness (QED) is 0.449. The summed E-state index contributed by atoms with van der Waals surface area (Å²) in [4.78, 5) is 13.6. The van der Waals surface area contributed by atoms with Crippen LogP contribution in [0.2, 0.25) is 5.15 Å². The summed E-state index contributed by atoms with van der Waals surface area (Å²) in [6.45, 7) is 1.79. The highest BCUT2D eigenvalue weighted by molar-refractivity contribution is 6.29. The van der Waals surface area contributed by atoms with Crippen LogP contribution in [0.25, 0.3) is 0 Å². The van der Waals surface area contributed by atoms with Crippen LogP contribution in [-0.4, -0.2) is 9.91 Å². The first-order valence-electron chi connectivity index (χ1n) is 3.65. The Kier molecular flexibility index (Phi) is 2.67. The Morgan fingerprint density at radius 3 is 2.85 bits per heavy atom. The molecule has 2 N–H and O–H groups in total. The highest BCUT2D eigenvalue weighted by Crippen LogP contribution is 2.27. The number of hydrogen-bond acceptors (Lipinski definition) is 4. The average Bonchev–Trinajstić information content (AvgIpc) is 2.01. The van der Waals surface area contributed by atoms with Crippen molar-refractivity contribution >= 4 is 23.1 Å². The summed E-state index contributed by atoms with van der Waals surface area (Å²) < 4.78 is 0. The number of anilines is 1. The zero-order chi connectivity index (χ0) is 10.0. The molecule has 0 unspecified atom stereocenters. The van der Waals surface area contributed by atoms with Gasteiger partial charge in [-0.2, -0.15) is 0 Å². The molecule has 0 saturated carbocycles. The summed E-state index contributed by atoms with van der Waals surface area (Å²) in [5.74, 6) is -0.130. The molecule has 1 aromatic heterocycles. The molecule has 1 heterocycles. The molecule has 0 spiro atoms. The van der Waals surface area contributed by atoms with E-state index in [4.69, 9.17) is 17.3 Å². The molecule has 0 bridgehead atoms. The van der Waals surface area contributed by atoms with Gasteiger partial charge in [0.25, 0.3) is 0 Å². The first kappa shape index (κ1) is 9.73. The zero-order valence-electron chi connectivity index (χ0n) is 6.95. The standard InChI is InChI=1S/C7H8ClN3O2/c1-2-4-3-5(8)10-7(9)6(4)11(12)13/h3H,2H2,1H3,(H2,9,10). The third kappa shape index (κ3) is 1.86. The maximum absolute atomic E-state index is 10.6. The summed E-state index contributed by atoms with van der Waals surface area (Å²) in [6, 6.07) is 1.45. The first-order valence-corrected chi connectivity index (χ1v) is 4.03. The van der Waals surface area contributed by atoms with E-state index in [-0.39, 0.29) is 16.7 Å². The molecule has 1 rings (SSSR count). The molecular weight excluding hydrogens is 194 g/mol. The van der Waals surface area contributed by atoms with Gasteiger partial charge in [-0.05, 0) is 12.5 Å². The molecule has 0 aliphatic carbocycles. The molecule has 5 nitrogen and oxygen atoms in total. The number of pyridine rings is 1. The molecule has 0 saturated heterocycles. The van der Waals surface area contributed by atoms with Crippen LogP contribution in [0.3, 0.4) is 0 Å². The van der Waals surface area contributed by atoms with Gasteiger partial charge in [0.05, 0.1) is 4.92 Å². The van der Waals surface area contributed by atoms with Gasteiger partial charge in [0.1, 0.15) is 5.15 Å². The molecule has 13 heavy (non-hydrogen) atoms. The lowest BCUT2D eigenvalue weighted by Gasteiger charge is -2.02. The monoisotopic (exact) mass is 201 g/mol. The minimum Gasteiger partial charge on any atom is -0.378 e. The van der Waals surface area contributed by atoms with Crippen molar-refractivity contribution in [2.24, 2.45) is 0 Å². The molecule has 6 heteroatoms. The molecule has 0 aliphatic rings. The second kappa shape index (κ2) is 3.57. The van der Waals surface area contributed by atoms with Gasteiger partial charge in [-0.1, -0.05) is 18.5 Å². The van der Waals surface area contributed by atoms with Gasteiger partial charge in [0.2, 0.25) is 5.82 Å². The van der Waals surface area contributed by atoms with E-state index in [0.29, 0.717) is 12.0 Å². The third-order valence-corrected chi connectivity index (χ3v) is 1.82. The van der Waals surface area contributed by atoms with Crippen molar-refractivity contribution in [1.29, 1.82) is 0 Å². The SMILES string of the molecule is CCc1cc(Cl)nc(N)c1[N+](=O)[O-]. The zero-order valence-corrected chi connectivity index (χ0v) is 7.71. The van der Waals surface area contributed by atoms with Crippen LogP contribution in [-0.2, 0) is 6.42 Å². The number of nitrogen functional groups attached to an aromatic ring is 1. The maximum Gasteiger partial charge on any atom is 0.314 e. The Morgan fingerprint density at radius 1 is 1.77 bits per heavy atom. The summed E-state index contributed by atoms with van der Waals surface area (Å²) in [5, 5.41) is 10.7. The van der Waals surface area contributed by atoms with Crippen molar-refractivity contribution in [2.75, 3.05) is 5.73 Å². The number of rotatable bonds is 2. The Hall–Kier alpha value is -1.36. The number of aromatic nitrogens is 1. The number of halogens is 1. The minimum atomic E-state index is -0.544. The molecule has 1 aromatic rings. The lowest BCUT2D eigenvalue weighted by Crippen LogP contribution is -2.02. The van der Waals surface area contributed by atoms with Crippen molar-refractivity contribution in [1.82, 2.24) is 4.98 Å². The molecule has 0 fully saturated rings. The lowest BCUT2D eigenvalue weighted by molar-refractivity contribution is -0.384. The predicted octanol–water partition coefficient (Wildman–Crippen LogP) is 1.79. The van der Waals surface area contributed by atoms with E-state index >= 15 is 0 Å². The lowest BCUT2D eigenvalue weighted by atomic mass is 10.2. The average molecular weight is 202 g/mol. The molecular formula is C7H8ClN3O2. The minimum absolute atomic E-state index is 0.130. The van der Waals surface area contributed by atoms with E-state index in [0.717, 1.165) is 0 Å². The van der Waals surface area contributed by atoms with E-state index in [2.05, 4.69) is 4.98 Å². The number of nitrogens with zero attached hydrogens (tertiary/aromatic N) is 2. The van der Waals surface area contributed by atoms with E-state index in [9.17, 15) is 10.1 Å². The Morgan fingerprint density at radius 2 is 2.38 bits per heavy atom. The molecule has 0 aromatic carbocycles. The van der Waals surface area contributed by atoms with E-state index in [1.165, 1.54) is 6.07 Å². The van der Waals surface area contributed by atoms with Gasteiger partial charge in [0.15, 0.2) is 0 Å². The van der Waals surface area contributed by atoms with Crippen LogP contribution in [0.15, 0.2) is 6.07 Å². The predicted molar refractivity (Wildman–Crippen MR) is 49.7 cm³/mol. The topological polar surface area (TPSA) is 82.0 Å². The van der Waals surface area contributed by atoms with Gasteiger partial charge in [-0.15, -0.1) is 0 Å². The van der Waals surface area contributed by atoms with Gasteiger partial charge in [0, 0.05) is 5.56 Å². The fourth-order valence-electron chi connectivity index (χ4n) is 1.06. The van der Waals surface area contributed by atoms with Crippen molar-refractivity contribution in [3.8, 4) is 0 Å². The van der Waals surface area contributed by atoms with E-state index in [1.807, 2.05) is 0 Å². The van der Waals surface area contributed by atoms with Crippen LogP contribution < -0.4 is 5.73 Å². The van der Waals surface area contributed by atoms with Crippen LogP contribution in [0.4, 0.5) is 11.5 Å². The van der Waals surface area contributed by atoms with Gasteiger partial charge in [-0.25, -0.2) is 4.98 Å². The number of hydrogen-bond donors (Lipinski definition) is 1. The third-order valence-electron chi connectivity index (χ3n) is 1.63. The molecule has 0 amide bonds. The van der Waals surface area contributed by atoms with Crippen molar-refractivity contribution in [2.45, 2.75) is 13.3 Å². The summed E-state index contributed by atoms with van der Waals surface area (Å²) in [6.07, 6.45) is 0.503. The smallest absolute Gasteiger partial charge is 0.314 e. The summed E-state index contributed by atoms with van der Waals surface area (Å²) >= 11 is 5.59. The van der Waals surface area contributed by atoms with Crippen LogP contribution >= 0.6 is 11.6 Å². The highest BCUT2D eigenvalue weighted by atomic mass is 35.5. The Labute approximate surface area is 79.7 Å². The van der Waals surface area contributed by atoms with Crippen molar-refractivity contribution in [3.63, 3.8) is 0 Å². The van der Waals surface area contributed by atoms with E-state index < -0.39 is 4.92 Å². The van der Waals surface area contributed by atoms with Gasteiger partial charge >= 0.3 is 5.69 Å². The van der Waals surface area contributed by atoms with Gasteiger partial charge in [-0.3, -0.25) is 10.1 Å². The largest absolute Gasteiger partial charge is 0.378 e. The second-order valence-corrected chi connectivity index (χ2v) is 2.84. The number of nitrogens with two attached hydrogens (primary N) is 1. The maximum atomic E-state index is 10.6. The van der Waals surface area contributed by atoms with Crippen LogP contribution in [0.5, 0.6) is 0 Å². The summed E-state index contributed by atoms with van der Waals surface area (Å²) in [7, 11) is 0. The Balaban J connectivity index is 3.38. The van der Waals surface area contributed by atoms with Crippen LogP contribution in [0, 0.1) is 10.1 Å². The van der Waals surface area contributed by atoms with Crippen LogP contribution in [0.1, 0.15) is 12.5 Å². The molecule has 0 atom stereocenters. The normalized spacial score (nSPS) is 10.0. The first-order chi connectivity index (χ1) is 6.06. The summed E-state index contributed by atoms with van der Waals surface area (Å²) in [5.41, 5.74) is 5.72.